The van der Waals surface area contributed by atoms with E-state index in [1.165, 1.54) is 5.56 Å². The van der Waals surface area contributed by atoms with Crippen LogP contribution in [0.5, 0.6) is 5.75 Å². The molecule has 0 aliphatic rings. The number of pyridine rings is 1. The van der Waals surface area contributed by atoms with Gasteiger partial charge in [-0.15, -0.1) is 0 Å². The molecule has 0 atom stereocenters. The molecule has 2 rings (SSSR count). The van der Waals surface area contributed by atoms with Crippen molar-refractivity contribution in [2.45, 2.75) is 20.0 Å². The second kappa shape index (κ2) is 6.17. The fourth-order valence-corrected chi connectivity index (χ4v) is 1.78. The Hall–Kier alpha value is -1.87. The maximum Gasteiger partial charge on any atom is 0.119 e. The topological polar surface area (TPSA) is 48.1 Å². The van der Waals surface area contributed by atoms with Gasteiger partial charge in [-0.3, -0.25) is 4.98 Å². The molecule has 2 aromatic rings. The summed E-state index contributed by atoms with van der Waals surface area (Å²) in [6, 6.07) is 10.1. The molecule has 94 valence electrons. The summed E-state index contributed by atoms with van der Waals surface area (Å²) >= 11 is 0. The van der Waals surface area contributed by atoms with E-state index in [4.69, 9.17) is 10.5 Å². The number of hydrogen-bond donors (Lipinski definition) is 1. The highest BCUT2D eigenvalue weighted by Crippen LogP contribution is 2.14. The lowest BCUT2D eigenvalue weighted by molar-refractivity contribution is 0.305. The SMILES string of the molecule is Cc1cncc(COc2ccc(CCN)cc2)c1. The molecular formula is C15H18N2O. The number of hydrogen-bond acceptors (Lipinski definition) is 3. The van der Waals surface area contributed by atoms with Crippen molar-refractivity contribution >= 4 is 0 Å². The molecule has 0 aliphatic heterocycles. The lowest BCUT2D eigenvalue weighted by Gasteiger charge is -2.07. The molecule has 3 nitrogen and oxygen atoms in total. The fraction of sp³-hybridized carbons (Fsp3) is 0.267. The molecule has 2 N–H and O–H groups in total. The highest BCUT2D eigenvalue weighted by atomic mass is 16.5. The highest BCUT2D eigenvalue weighted by Gasteiger charge is 1.98. The average Bonchev–Trinajstić information content (AvgIpc) is 2.38. The number of nitrogens with zero attached hydrogens (tertiary/aromatic N) is 1. The second-order valence-corrected chi connectivity index (χ2v) is 4.34. The van der Waals surface area contributed by atoms with E-state index in [0.29, 0.717) is 13.2 Å². The molecule has 0 aliphatic carbocycles. The van der Waals surface area contributed by atoms with Crippen molar-refractivity contribution in [2.75, 3.05) is 6.54 Å². The number of aryl methyl sites for hydroxylation is 1. The monoisotopic (exact) mass is 242 g/mol. The second-order valence-electron chi connectivity index (χ2n) is 4.34. The minimum Gasteiger partial charge on any atom is -0.489 e. The first-order chi connectivity index (χ1) is 8.78. The van der Waals surface area contributed by atoms with Gasteiger partial charge in [0.25, 0.3) is 0 Å². The van der Waals surface area contributed by atoms with Gasteiger partial charge in [0.15, 0.2) is 0 Å². The van der Waals surface area contributed by atoms with E-state index in [-0.39, 0.29) is 0 Å². The number of aromatic nitrogens is 1. The highest BCUT2D eigenvalue weighted by molar-refractivity contribution is 5.28. The van der Waals surface area contributed by atoms with Crippen LogP contribution in [0.2, 0.25) is 0 Å². The van der Waals surface area contributed by atoms with Crippen LogP contribution in [0.4, 0.5) is 0 Å². The number of nitrogens with two attached hydrogens (primary N) is 1. The summed E-state index contributed by atoms with van der Waals surface area (Å²) < 4.78 is 5.71. The number of ether oxygens (including phenoxy) is 1. The maximum atomic E-state index is 5.71. The molecule has 0 spiro atoms. The van der Waals surface area contributed by atoms with Gasteiger partial charge in [0.05, 0.1) is 0 Å². The van der Waals surface area contributed by atoms with Crippen LogP contribution in [0.3, 0.4) is 0 Å². The Balaban J connectivity index is 1.93. The lowest BCUT2D eigenvalue weighted by atomic mass is 10.1. The Labute approximate surface area is 108 Å². The predicted molar refractivity (Wildman–Crippen MR) is 72.5 cm³/mol. The molecular weight excluding hydrogens is 224 g/mol. The van der Waals surface area contributed by atoms with E-state index < -0.39 is 0 Å². The van der Waals surface area contributed by atoms with Crippen LogP contribution in [-0.4, -0.2) is 11.5 Å². The Morgan fingerprint density at radius 3 is 2.56 bits per heavy atom. The minimum atomic E-state index is 0.547. The molecule has 0 saturated carbocycles. The Morgan fingerprint density at radius 2 is 1.89 bits per heavy atom. The van der Waals surface area contributed by atoms with Crippen LogP contribution in [0, 0.1) is 6.92 Å². The summed E-state index contributed by atoms with van der Waals surface area (Å²) in [6.45, 7) is 3.25. The van der Waals surface area contributed by atoms with Crippen molar-refractivity contribution in [3.8, 4) is 5.75 Å². The first-order valence-corrected chi connectivity index (χ1v) is 6.10. The van der Waals surface area contributed by atoms with Crippen molar-refractivity contribution in [2.24, 2.45) is 5.73 Å². The van der Waals surface area contributed by atoms with Crippen molar-refractivity contribution in [1.82, 2.24) is 4.98 Å². The first kappa shape index (κ1) is 12.6. The Kier molecular flexibility index (Phi) is 4.31. The van der Waals surface area contributed by atoms with E-state index in [1.807, 2.05) is 31.5 Å². The molecule has 1 aromatic heterocycles. The smallest absolute Gasteiger partial charge is 0.119 e. The molecule has 0 fully saturated rings. The van der Waals surface area contributed by atoms with Crippen LogP contribution < -0.4 is 10.5 Å². The van der Waals surface area contributed by atoms with Crippen LogP contribution in [0.15, 0.2) is 42.7 Å². The van der Waals surface area contributed by atoms with Gasteiger partial charge in [-0.05, 0) is 49.2 Å². The zero-order chi connectivity index (χ0) is 12.8. The summed E-state index contributed by atoms with van der Waals surface area (Å²) in [5, 5.41) is 0. The minimum absolute atomic E-state index is 0.547. The van der Waals surface area contributed by atoms with Gasteiger partial charge < -0.3 is 10.5 Å². The quantitative estimate of drug-likeness (QED) is 0.876. The van der Waals surface area contributed by atoms with E-state index in [9.17, 15) is 0 Å². The fourth-order valence-electron chi connectivity index (χ4n) is 1.78. The third-order valence-corrected chi connectivity index (χ3v) is 2.69. The summed E-state index contributed by atoms with van der Waals surface area (Å²) in [7, 11) is 0. The van der Waals surface area contributed by atoms with Crippen molar-refractivity contribution in [1.29, 1.82) is 0 Å². The van der Waals surface area contributed by atoms with Gasteiger partial charge in [-0.25, -0.2) is 0 Å². The first-order valence-electron chi connectivity index (χ1n) is 6.10. The van der Waals surface area contributed by atoms with Gasteiger partial charge in [-0.1, -0.05) is 12.1 Å². The number of rotatable bonds is 5. The molecule has 1 heterocycles. The van der Waals surface area contributed by atoms with Gasteiger partial charge in [0.2, 0.25) is 0 Å². The van der Waals surface area contributed by atoms with Crippen molar-refractivity contribution in [3.05, 3.63) is 59.4 Å². The maximum absolute atomic E-state index is 5.71. The largest absolute Gasteiger partial charge is 0.489 e. The molecule has 0 radical (unpaired) electrons. The predicted octanol–water partition coefficient (Wildman–Crippen LogP) is 2.47. The third-order valence-electron chi connectivity index (χ3n) is 2.69. The molecule has 0 bridgehead atoms. The molecule has 0 unspecified atom stereocenters. The van der Waals surface area contributed by atoms with Crippen LogP contribution >= 0.6 is 0 Å². The molecule has 18 heavy (non-hydrogen) atoms. The standard InChI is InChI=1S/C15H18N2O/c1-12-8-14(10-17-9-12)11-18-15-4-2-13(3-5-15)6-7-16/h2-5,8-10H,6-7,11,16H2,1H3. The molecule has 1 aromatic carbocycles. The van der Waals surface area contributed by atoms with Crippen molar-refractivity contribution in [3.63, 3.8) is 0 Å². The molecule has 3 heteroatoms. The van der Waals surface area contributed by atoms with E-state index in [1.54, 1.807) is 0 Å². The summed E-state index contributed by atoms with van der Waals surface area (Å²) in [5.41, 5.74) is 8.98. The van der Waals surface area contributed by atoms with E-state index >= 15 is 0 Å². The Morgan fingerprint density at radius 1 is 1.11 bits per heavy atom. The summed E-state index contributed by atoms with van der Waals surface area (Å²) in [6.07, 6.45) is 4.57. The van der Waals surface area contributed by atoms with E-state index in [2.05, 4.69) is 23.2 Å². The molecule has 0 amide bonds. The zero-order valence-corrected chi connectivity index (χ0v) is 10.6. The number of benzene rings is 1. The van der Waals surface area contributed by atoms with Gasteiger partial charge in [-0.2, -0.15) is 0 Å². The normalized spacial score (nSPS) is 10.3. The van der Waals surface area contributed by atoms with Crippen LogP contribution in [-0.2, 0) is 13.0 Å². The third kappa shape index (κ3) is 3.57. The van der Waals surface area contributed by atoms with E-state index in [0.717, 1.165) is 23.3 Å². The van der Waals surface area contributed by atoms with Gasteiger partial charge >= 0.3 is 0 Å². The summed E-state index contributed by atoms with van der Waals surface area (Å²) in [4.78, 5) is 4.14. The van der Waals surface area contributed by atoms with Gasteiger partial charge in [0, 0.05) is 18.0 Å². The molecule has 0 saturated heterocycles. The van der Waals surface area contributed by atoms with Crippen LogP contribution in [0.25, 0.3) is 0 Å². The summed E-state index contributed by atoms with van der Waals surface area (Å²) in [5.74, 6) is 0.872. The zero-order valence-electron chi connectivity index (χ0n) is 10.6. The lowest BCUT2D eigenvalue weighted by Crippen LogP contribution is -2.02. The Bertz CT molecular complexity index is 494. The van der Waals surface area contributed by atoms with Crippen LogP contribution in [0.1, 0.15) is 16.7 Å². The van der Waals surface area contributed by atoms with Gasteiger partial charge in [0.1, 0.15) is 12.4 Å². The average molecular weight is 242 g/mol. The van der Waals surface area contributed by atoms with Crippen molar-refractivity contribution < 1.29 is 4.74 Å².